The van der Waals surface area contributed by atoms with Crippen LogP contribution in [-0.4, -0.2) is 44.8 Å². The van der Waals surface area contributed by atoms with Gasteiger partial charge in [0, 0.05) is 13.1 Å². The Kier molecular flexibility index (Phi) is 4.48. The number of hydrogen-bond donors (Lipinski definition) is 1. The molecule has 1 saturated heterocycles. The molecular formula is C21H24FN3O3. The summed E-state index contributed by atoms with van der Waals surface area (Å²) in [6, 6.07) is 6.04. The largest absolute Gasteiger partial charge is 0.481 e. The van der Waals surface area contributed by atoms with Gasteiger partial charge in [-0.2, -0.15) is 5.10 Å². The molecule has 1 aliphatic heterocycles. The van der Waals surface area contributed by atoms with Crippen molar-refractivity contribution in [3.63, 3.8) is 0 Å². The van der Waals surface area contributed by atoms with Crippen LogP contribution in [0.3, 0.4) is 0 Å². The summed E-state index contributed by atoms with van der Waals surface area (Å²) < 4.78 is 15.0. The number of aromatic nitrogens is 2. The highest BCUT2D eigenvalue weighted by Gasteiger charge is 2.59. The minimum Gasteiger partial charge on any atom is -0.481 e. The van der Waals surface area contributed by atoms with Gasteiger partial charge in [-0.3, -0.25) is 9.59 Å². The molecule has 1 aliphatic carbocycles. The fourth-order valence-corrected chi connectivity index (χ4v) is 4.44. The van der Waals surface area contributed by atoms with Crippen molar-refractivity contribution in [3.8, 4) is 5.69 Å². The van der Waals surface area contributed by atoms with Crippen LogP contribution in [0.25, 0.3) is 5.69 Å². The van der Waals surface area contributed by atoms with E-state index in [2.05, 4.69) is 5.10 Å². The molecule has 4 rings (SSSR count). The molecule has 1 N–H and O–H groups in total. The van der Waals surface area contributed by atoms with Gasteiger partial charge in [0.05, 0.1) is 29.1 Å². The maximum atomic E-state index is 13.3. The second-order valence-electron chi connectivity index (χ2n) is 8.24. The third-order valence-electron chi connectivity index (χ3n) is 6.19. The van der Waals surface area contributed by atoms with Crippen LogP contribution in [0, 0.1) is 17.2 Å². The minimum atomic E-state index is -0.720. The molecule has 6 nitrogen and oxygen atoms in total. The quantitative estimate of drug-likeness (QED) is 0.875. The predicted octanol–water partition coefficient (Wildman–Crippen LogP) is 3.46. The molecule has 7 heteroatoms. The zero-order chi connectivity index (χ0) is 20.1. The van der Waals surface area contributed by atoms with Crippen molar-refractivity contribution in [2.24, 2.45) is 11.3 Å². The number of carbonyl (C=O) groups is 2. The van der Waals surface area contributed by atoms with Crippen LogP contribution in [-0.2, 0) is 4.79 Å². The number of carbonyl (C=O) groups excluding carboxylic acids is 1. The van der Waals surface area contributed by atoms with Gasteiger partial charge < -0.3 is 10.0 Å². The van der Waals surface area contributed by atoms with Crippen LogP contribution in [0.15, 0.2) is 30.5 Å². The van der Waals surface area contributed by atoms with Gasteiger partial charge in [-0.05, 0) is 54.9 Å². The van der Waals surface area contributed by atoms with E-state index in [9.17, 15) is 19.1 Å². The maximum absolute atomic E-state index is 13.3. The SMILES string of the molecule is CC(C)c1c(C(=O)N2CCC3(CC2)CC3C(=O)O)cnn1-c1ccc(F)cc1. The van der Waals surface area contributed by atoms with E-state index < -0.39 is 5.97 Å². The lowest BCUT2D eigenvalue weighted by Gasteiger charge is -2.32. The number of amides is 1. The minimum absolute atomic E-state index is 0.0578. The van der Waals surface area contributed by atoms with Gasteiger partial charge in [0.2, 0.25) is 0 Å². The summed E-state index contributed by atoms with van der Waals surface area (Å²) >= 11 is 0. The van der Waals surface area contributed by atoms with Crippen LogP contribution < -0.4 is 0 Å². The number of halogens is 1. The highest BCUT2D eigenvalue weighted by atomic mass is 19.1. The number of carboxylic acid groups (broad SMARTS) is 1. The van der Waals surface area contributed by atoms with E-state index in [1.165, 1.54) is 12.1 Å². The number of nitrogens with zero attached hydrogens (tertiary/aromatic N) is 3. The Hall–Kier alpha value is -2.70. The van der Waals surface area contributed by atoms with Crippen LogP contribution in [0.5, 0.6) is 0 Å². The lowest BCUT2D eigenvalue weighted by molar-refractivity contribution is -0.139. The maximum Gasteiger partial charge on any atom is 0.307 e. The van der Waals surface area contributed by atoms with Crippen LogP contribution in [0.1, 0.15) is 55.1 Å². The number of rotatable bonds is 4. The summed E-state index contributed by atoms with van der Waals surface area (Å²) in [5.74, 6) is -1.30. The van der Waals surface area contributed by atoms with Crippen LogP contribution >= 0.6 is 0 Å². The fraction of sp³-hybridized carbons (Fsp3) is 0.476. The lowest BCUT2D eigenvalue weighted by Crippen LogP contribution is -2.40. The first kappa shape index (κ1) is 18.7. The fourth-order valence-electron chi connectivity index (χ4n) is 4.44. The third-order valence-corrected chi connectivity index (χ3v) is 6.19. The molecule has 1 spiro atoms. The summed E-state index contributed by atoms with van der Waals surface area (Å²) in [6.45, 7) is 5.14. The molecule has 1 amide bonds. The van der Waals surface area contributed by atoms with Crippen LogP contribution in [0.4, 0.5) is 4.39 Å². The van der Waals surface area contributed by atoms with Crippen molar-refractivity contribution in [1.82, 2.24) is 14.7 Å². The smallest absolute Gasteiger partial charge is 0.307 e. The first-order valence-corrected chi connectivity index (χ1v) is 9.68. The standard InChI is InChI=1S/C21H24FN3O3/c1-13(2)18-16(12-23-25(18)15-5-3-14(22)4-6-15)19(26)24-9-7-21(8-10-24)11-17(21)20(27)28/h3-6,12-13,17H,7-11H2,1-2H3,(H,27,28). The van der Waals surface area contributed by atoms with Gasteiger partial charge in [-0.15, -0.1) is 0 Å². The Bertz CT molecular complexity index is 911. The number of aliphatic carboxylic acids is 1. The van der Waals surface area contributed by atoms with Crippen molar-refractivity contribution in [2.75, 3.05) is 13.1 Å². The highest BCUT2D eigenvalue weighted by Crippen LogP contribution is 2.59. The molecule has 2 fully saturated rings. The molecule has 1 unspecified atom stereocenters. The van der Waals surface area contributed by atoms with E-state index in [0.29, 0.717) is 24.3 Å². The normalized spacial score (nSPS) is 20.6. The summed E-state index contributed by atoms with van der Waals surface area (Å²) in [4.78, 5) is 26.2. The Labute approximate surface area is 163 Å². The number of hydrogen-bond acceptors (Lipinski definition) is 3. The molecule has 0 bridgehead atoms. The van der Waals surface area contributed by atoms with E-state index >= 15 is 0 Å². The Morgan fingerprint density at radius 3 is 2.39 bits per heavy atom. The van der Waals surface area contributed by atoms with Crippen LogP contribution in [0.2, 0.25) is 0 Å². The second kappa shape index (κ2) is 6.72. The molecule has 2 aromatic rings. The summed E-state index contributed by atoms with van der Waals surface area (Å²) in [6.07, 6.45) is 3.78. The lowest BCUT2D eigenvalue weighted by atomic mass is 9.90. The molecule has 1 aromatic carbocycles. The molecule has 148 valence electrons. The average molecular weight is 385 g/mol. The van der Waals surface area contributed by atoms with E-state index in [4.69, 9.17) is 0 Å². The Morgan fingerprint density at radius 1 is 1.21 bits per heavy atom. The number of benzene rings is 1. The topological polar surface area (TPSA) is 75.4 Å². The van der Waals surface area contributed by atoms with E-state index in [1.54, 1.807) is 27.9 Å². The van der Waals surface area contributed by atoms with E-state index in [0.717, 1.165) is 25.0 Å². The summed E-state index contributed by atoms with van der Waals surface area (Å²) in [5, 5.41) is 13.6. The first-order chi connectivity index (χ1) is 13.3. The van der Waals surface area contributed by atoms with Gasteiger partial charge in [-0.1, -0.05) is 13.8 Å². The van der Waals surface area contributed by atoms with E-state index in [-0.39, 0.29) is 29.0 Å². The highest BCUT2D eigenvalue weighted by molar-refractivity contribution is 5.95. The van der Waals surface area contributed by atoms with Gasteiger partial charge in [0.1, 0.15) is 5.82 Å². The van der Waals surface area contributed by atoms with Crippen molar-refractivity contribution in [3.05, 3.63) is 47.5 Å². The summed E-state index contributed by atoms with van der Waals surface area (Å²) in [7, 11) is 0. The Morgan fingerprint density at radius 2 is 1.86 bits per heavy atom. The predicted molar refractivity (Wildman–Crippen MR) is 101 cm³/mol. The number of carboxylic acids is 1. The molecule has 2 heterocycles. The number of likely N-dealkylation sites (tertiary alicyclic amines) is 1. The van der Waals surface area contributed by atoms with Crippen molar-refractivity contribution in [2.45, 2.75) is 39.0 Å². The van der Waals surface area contributed by atoms with Crippen molar-refractivity contribution in [1.29, 1.82) is 0 Å². The van der Waals surface area contributed by atoms with E-state index in [1.807, 2.05) is 13.8 Å². The molecule has 1 aromatic heterocycles. The molecular weight excluding hydrogens is 361 g/mol. The second-order valence-corrected chi connectivity index (χ2v) is 8.24. The first-order valence-electron chi connectivity index (χ1n) is 9.68. The molecule has 28 heavy (non-hydrogen) atoms. The third kappa shape index (κ3) is 3.08. The Balaban J connectivity index is 1.55. The zero-order valence-corrected chi connectivity index (χ0v) is 16.1. The van der Waals surface area contributed by atoms with Gasteiger partial charge >= 0.3 is 5.97 Å². The monoisotopic (exact) mass is 385 g/mol. The van der Waals surface area contributed by atoms with Crippen molar-refractivity contribution >= 4 is 11.9 Å². The molecule has 1 atom stereocenters. The average Bonchev–Trinajstić information content (AvgIpc) is 3.18. The van der Waals surface area contributed by atoms with Gasteiger partial charge in [-0.25, -0.2) is 9.07 Å². The molecule has 1 saturated carbocycles. The van der Waals surface area contributed by atoms with Crippen molar-refractivity contribution < 1.29 is 19.1 Å². The van der Waals surface area contributed by atoms with Gasteiger partial charge in [0.25, 0.3) is 5.91 Å². The molecule has 2 aliphatic rings. The molecule has 0 radical (unpaired) electrons. The van der Waals surface area contributed by atoms with Gasteiger partial charge in [0.15, 0.2) is 0 Å². The zero-order valence-electron chi connectivity index (χ0n) is 16.1. The summed E-state index contributed by atoms with van der Waals surface area (Å²) in [5.41, 5.74) is 1.96. The number of piperidine rings is 1.